The Bertz CT molecular complexity index is 699. The van der Waals surface area contributed by atoms with Gasteiger partial charge in [0.05, 0.1) is 6.10 Å². The molecule has 0 saturated heterocycles. The van der Waals surface area contributed by atoms with Crippen LogP contribution >= 0.6 is 0 Å². The van der Waals surface area contributed by atoms with Crippen LogP contribution in [-0.2, 0) is 14.3 Å². The van der Waals surface area contributed by atoms with Gasteiger partial charge in [-0.15, -0.1) is 0 Å². The second-order valence-electron chi connectivity index (χ2n) is 5.86. The molecule has 2 rings (SSSR count). The second-order valence-corrected chi connectivity index (χ2v) is 5.86. The lowest BCUT2D eigenvalue weighted by atomic mass is 9.79. The van der Waals surface area contributed by atoms with Crippen LogP contribution in [0, 0.1) is 0 Å². The number of aliphatic carboxylic acids is 1. The third kappa shape index (κ3) is 4.27. The molecule has 1 saturated carbocycles. The van der Waals surface area contributed by atoms with Crippen LogP contribution in [0.2, 0.25) is 0 Å². The van der Waals surface area contributed by atoms with E-state index in [1.54, 1.807) is 0 Å². The lowest BCUT2D eigenvalue weighted by molar-refractivity contribution is -0.196. The smallest absolute Gasteiger partial charge is 0.335 e. The quantitative estimate of drug-likeness (QED) is 0.234. The number of aromatic hydroxyl groups is 2. The molecule has 0 radical (unpaired) electrons. The van der Waals surface area contributed by atoms with Gasteiger partial charge in [0.25, 0.3) is 0 Å². The van der Waals surface area contributed by atoms with Crippen LogP contribution in [0.5, 0.6) is 11.5 Å². The van der Waals surface area contributed by atoms with Gasteiger partial charge >= 0.3 is 11.9 Å². The summed E-state index contributed by atoms with van der Waals surface area (Å²) in [6, 6.07) is 3.83. The van der Waals surface area contributed by atoms with Crippen molar-refractivity contribution >= 4 is 18.0 Å². The van der Waals surface area contributed by atoms with Crippen molar-refractivity contribution in [1.82, 2.24) is 0 Å². The molecule has 6 N–H and O–H groups in total. The Labute approximate surface area is 142 Å². The lowest BCUT2D eigenvalue weighted by Gasteiger charge is -2.39. The summed E-state index contributed by atoms with van der Waals surface area (Å²) in [7, 11) is 0. The molecule has 25 heavy (non-hydrogen) atoms. The molecule has 0 heterocycles. The number of aliphatic hydroxyl groups excluding tert-OH is 2. The summed E-state index contributed by atoms with van der Waals surface area (Å²) in [5.41, 5.74) is -1.94. The van der Waals surface area contributed by atoms with E-state index in [-0.39, 0.29) is 11.5 Å². The van der Waals surface area contributed by atoms with Crippen molar-refractivity contribution in [3.05, 3.63) is 29.8 Å². The van der Waals surface area contributed by atoms with Crippen molar-refractivity contribution in [3.63, 3.8) is 0 Å². The van der Waals surface area contributed by atoms with Crippen LogP contribution in [0.4, 0.5) is 0 Å². The third-order valence-corrected chi connectivity index (χ3v) is 3.94. The Morgan fingerprint density at radius 3 is 2.44 bits per heavy atom. The highest BCUT2D eigenvalue weighted by Gasteiger charge is 2.50. The number of hydrogen-bond acceptors (Lipinski definition) is 8. The summed E-state index contributed by atoms with van der Waals surface area (Å²) in [6.45, 7) is 0. The van der Waals surface area contributed by atoms with Crippen LogP contribution in [0.1, 0.15) is 18.4 Å². The Hall–Kier alpha value is -2.62. The van der Waals surface area contributed by atoms with Gasteiger partial charge in [0.2, 0.25) is 0 Å². The van der Waals surface area contributed by atoms with Gasteiger partial charge < -0.3 is 35.4 Å². The SMILES string of the molecule is O=C(C=Cc1ccc(O)c(O)c1)OC1C[C@@](O)(C(=O)O)CC(O)C1O. The average Bonchev–Trinajstić information content (AvgIpc) is 2.53. The van der Waals surface area contributed by atoms with E-state index < -0.39 is 48.7 Å². The summed E-state index contributed by atoms with van der Waals surface area (Å²) >= 11 is 0. The van der Waals surface area contributed by atoms with E-state index in [0.29, 0.717) is 5.56 Å². The van der Waals surface area contributed by atoms with Gasteiger partial charge in [-0.1, -0.05) is 6.07 Å². The zero-order valence-electron chi connectivity index (χ0n) is 12.9. The van der Waals surface area contributed by atoms with Crippen molar-refractivity contribution in [2.75, 3.05) is 0 Å². The normalized spacial score (nSPS) is 29.5. The molecular formula is C16H18O9. The predicted octanol–water partition coefficient (Wildman–Crippen LogP) is -0.646. The topological polar surface area (TPSA) is 165 Å². The molecule has 1 aliphatic carbocycles. The van der Waals surface area contributed by atoms with Gasteiger partial charge in [0.15, 0.2) is 17.1 Å². The van der Waals surface area contributed by atoms with Gasteiger partial charge in [-0.25, -0.2) is 9.59 Å². The number of phenols is 2. The minimum absolute atomic E-state index is 0.327. The summed E-state index contributed by atoms with van der Waals surface area (Å²) in [4.78, 5) is 22.9. The molecule has 4 atom stereocenters. The number of benzene rings is 1. The van der Waals surface area contributed by atoms with E-state index in [2.05, 4.69) is 0 Å². The van der Waals surface area contributed by atoms with E-state index in [0.717, 1.165) is 6.08 Å². The van der Waals surface area contributed by atoms with Crippen molar-refractivity contribution in [3.8, 4) is 11.5 Å². The molecule has 1 aromatic rings. The van der Waals surface area contributed by atoms with Gasteiger partial charge in [-0.3, -0.25) is 0 Å². The van der Waals surface area contributed by atoms with Crippen LogP contribution < -0.4 is 0 Å². The standard InChI is InChI=1S/C16H18O9/c17-9-3-1-8(5-10(9)18)2-4-13(20)25-12-7-16(24,15(22)23)6-11(19)14(12)21/h1-5,11-12,14,17-19,21,24H,6-7H2,(H,22,23)/t11?,12?,14?,16-/m1/s1. The Balaban J connectivity index is 2.06. The van der Waals surface area contributed by atoms with Gasteiger partial charge in [0, 0.05) is 18.9 Å². The first-order valence-electron chi connectivity index (χ1n) is 7.35. The fraction of sp³-hybridized carbons (Fsp3) is 0.375. The van der Waals surface area contributed by atoms with E-state index in [1.165, 1.54) is 24.3 Å². The number of carboxylic acid groups (broad SMARTS) is 1. The molecule has 9 nitrogen and oxygen atoms in total. The minimum Gasteiger partial charge on any atom is -0.504 e. The second kappa shape index (κ2) is 7.09. The first-order chi connectivity index (χ1) is 11.6. The molecule has 1 aromatic carbocycles. The Morgan fingerprint density at radius 2 is 1.84 bits per heavy atom. The Morgan fingerprint density at radius 1 is 1.16 bits per heavy atom. The maximum atomic E-state index is 11.8. The molecule has 3 unspecified atom stereocenters. The van der Waals surface area contributed by atoms with Crippen LogP contribution in [-0.4, -0.2) is 66.5 Å². The number of ether oxygens (including phenoxy) is 1. The maximum Gasteiger partial charge on any atom is 0.335 e. The highest BCUT2D eigenvalue weighted by atomic mass is 16.6. The molecular weight excluding hydrogens is 336 g/mol. The predicted molar refractivity (Wildman–Crippen MR) is 82.5 cm³/mol. The number of hydrogen-bond donors (Lipinski definition) is 6. The van der Waals surface area contributed by atoms with Crippen LogP contribution in [0.3, 0.4) is 0 Å². The monoisotopic (exact) mass is 354 g/mol. The summed E-state index contributed by atoms with van der Waals surface area (Å²) in [5.74, 6) is -3.24. The molecule has 9 heteroatoms. The van der Waals surface area contributed by atoms with Gasteiger partial charge in [-0.2, -0.15) is 0 Å². The summed E-state index contributed by atoms with van der Waals surface area (Å²) < 4.78 is 4.92. The van der Waals surface area contributed by atoms with Crippen LogP contribution in [0.15, 0.2) is 24.3 Å². The minimum atomic E-state index is -2.31. The first-order valence-corrected chi connectivity index (χ1v) is 7.35. The first kappa shape index (κ1) is 18.7. The Kier molecular flexibility index (Phi) is 5.31. The zero-order chi connectivity index (χ0) is 18.8. The van der Waals surface area contributed by atoms with E-state index in [9.17, 15) is 35.1 Å². The third-order valence-electron chi connectivity index (χ3n) is 3.94. The molecule has 0 aliphatic heterocycles. The van der Waals surface area contributed by atoms with Gasteiger partial charge in [-0.05, 0) is 23.8 Å². The highest BCUT2D eigenvalue weighted by molar-refractivity contribution is 5.87. The summed E-state index contributed by atoms with van der Waals surface area (Å²) in [6.07, 6.45) is -3.44. The molecule has 0 bridgehead atoms. The maximum absolute atomic E-state index is 11.8. The van der Waals surface area contributed by atoms with Crippen molar-refractivity contribution in [2.45, 2.75) is 36.8 Å². The van der Waals surface area contributed by atoms with E-state index in [1.807, 2.05) is 0 Å². The van der Waals surface area contributed by atoms with Crippen LogP contribution in [0.25, 0.3) is 6.08 Å². The molecule has 1 aliphatic rings. The van der Waals surface area contributed by atoms with Crippen molar-refractivity contribution in [1.29, 1.82) is 0 Å². The number of phenolic OH excluding ortho intramolecular Hbond substituents is 2. The average molecular weight is 354 g/mol. The van der Waals surface area contributed by atoms with Crippen molar-refractivity contribution < 1.29 is 45.0 Å². The molecule has 1 fully saturated rings. The largest absolute Gasteiger partial charge is 0.504 e. The lowest BCUT2D eigenvalue weighted by Crippen LogP contribution is -2.57. The van der Waals surface area contributed by atoms with E-state index in [4.69, 9.17) is 9.84 Å². The van der Waals surface area contributed by atoms with E-state index >= 15 is 0 Å². The molecule has 0 amide bonds. The number of rotatable bonds is 4. The molecule has 136 valence electrons. The molecule has 0 aromatic heterocycles. The number of aliphatic hydroxyl groups is 3. The fourth-order valence-corrected chi connectivity index (χ4v) is 2.53. The molecule has 0 spiro atoms. The highest BCUT2D eigenvalue weighted by Crippen LogP contribution is 2.31. The fourth-order valence-electron chi connectivity index (χ4n) is 2.53. The number of carboxylic acids is 1. The number of carbonyl (C=O) groups excluding carboxylic acids is 1. The van der Waals surface area contributed by atoms with Crippen molar-refractivity contribution in [2.24, 2.45) is 0 Å². The number of esters is 1. The number of carbonyl (C=O) groups is 2. The summed E-state index contributed by atoms with van der Waals surface area (Å²) in [5, 5.41) is 57.0. The van der Waals surface area contributed by atoms with Gasteiger partial charge in [0.1, 0.15) is 12.2 Å². The zero-order valence-corrected chi connectivity index (χ0v) is 12.9.